The normalized spacial score (nSPS) is 10.5. The average molecular weight is 366 g/mol. The second-order valence-corrected chi connectivity index (χ2v) is 7.27. The molecule has 0 aliphatic carbocycles. The summed E-state index contributed by atoms with van der Waals surface area (Å²) >= 11 is 2.41. The van der Waals surface area contributed by atoms with Crippen molar-refractivity contribution >= 4 is 40.6 Å². The molecule has 0 aliphatic heterocycles. The molecular weight excluding hydrogens is 348 g/mol. The van der Waals surface area contributed by atoms with Gasteiger partial charge in [0.05, 0.1) is 12.9 Å². The largest absolute Gasteiger partial charge is 0.497 e. The number of ether oxygens (including phenoxy) is 1. The quantitative estimate of drug-likeness (QED) is 0.731. The maximum Gasteiger partial charge on any atom is 0.286 e. The average Bonchev–Trinajstić information content (AvgIpc) is 3.02. The van der Waals surface area contributed by atoms with Crippen LogP contribution in [0.2, 0.25) is 0 Å². The number of rotatable bonds is 7. The van der Waals surface area contributed by atoms with Gasteiger partial charge in [0.1, 0.15) is 5.75 Å². The summed E-state index contributed by atoms with van der Waals surface area (Å²) in [5.41, 5.74) is 0.640. The van der Waals surface area contributed by atoms with Gasteiger partial charge in [-0.1, -0.05) is 23.1 Å². The van der Waals surface area contributed by atoms with Crippen LogP contribution in [-0.4, -0.2) is 40.9 Å². The molecule has 0 bridgehead atoms. The lowest BCUT2D eigenvalue weighted by molar-refractivity contribution is -0.119. The van der Waals surface area contributed by atoms with Crippen molar-refractivity contribution in [3.63, 3.8) is 0 Å². The van der Waals surface area contributed by atoms with Gasteiger partial charge in [-0.2, -0.15) is 0 Å². The molecular formula is C15H18N4O3S2. The van der Waals surface area contributed by atoms with Gasteiger partial charge in [-0.05, 0) is 38.1 Å². The van der Waals surface area contributed by atoms with Crippen LogP contribution < -0.4 is 15.4 Å². The van der Waals surface area contributed by atoms with E-state index in [9.17, 15) is 9.59 Å². The van der Waals surface area contributed by atoms with Crippen molar-refractivity contribution in [3.05, 3.63) is 29.3 Å². The predicted molar refractivity (Wildman–Crippen MR) is 94.9 cm³/mol. The minimum absolute atomic E-state index is 0.0746. The maximum absolute atomic E-state index is 12.1. The SMILES string of the molecule is COc1ccc(NC(=O)c2nnc(SCC(=O)NC(C)C)s2)cc1. The second-order valence-electron chi connectivity index (χ2n) is 5.07. The molecule has 0 spiro atoms. The van der Waals surface area contributed by atoms with Crippen molar-refractivity contribution in [2.24, 2.45) is 0 Å². The minimum Gasteiger partial charge on any atom is -0.497 e. The Bertz CT molecular complexity index is 701. The Hall–Kier alpha value is -2.13. The fourth-order valence-electron chi connectivity index (χ4n) is 1.71. The van der Waals surface area contributed by atoms with E-state index >= 15 is 0 Å². The van der Waals surface area contributed by atoms with Crippen molar-refractivity contribution in [3.8, 4) is 5.75 Å². The summed E-state index contributed by atoms with van der Waals surface area (Å²) in [5.74, 6) is 0.542. The summed E-state index contributed by atoms with van der Waals surface area (Å²) in [6.45, 7) is 3.80. The standard InChI is InChI=1S/C15H18N4O3S2/c1-9(2)16-12(20)8-23-15-19-18-14(24-15)13(21)17-10-4-6-11(22-3)7-5-10/h4-7,9H,8H2,1-3H3,(H,16,20)(H,17,21). The van der Waals surface area contributed by atoms with E-state index in [0.29, 0.717) is 15.8 Å². The molecule has 1 heterocycles. The van der Waals surface area contributed by atoms with Gasteiger partial charge < -0.3 is 15.4 Å². The lowest BCUT2D eigenvalue weighted by Crippen LogP contribution is -2.31. The number of nitrogens with zero attached hydrogens (tertiary/aromatic N) is 2. The number of nitrogens with one attached hydrogen (secondary N) is 2. The molecule has 0 saturated heterocycles. The van der Waals surface area contributed by atoms with Crippen LogP contribution in [0.1, 0.15) is 23.6 Å². The van der Waals surface area contributed by atoms with Gasteiger partial charge >= 0.3 is 0 Å². The van der Waals surface area contributed by atoms with Crippen LogP contribution >= 0.6 is 23.1 Å². The summed E-state index contributed by atoms with van der Waals surface area (Å²) in [7, 11) is 1.58. The molecule has 128 valence electrons. The van der Waals surface area contributed by atoms with E-state index in [-0.39, 0.29) is 28.6 Å². The van der Waals surface area contributed by atoms with Crippen LogP contribution in [0.5, 0.6) is 5.75 Å². The Morgan fingerprint density at radius 1 is 1.25 bits per heavy atom. The first-order valence-electron chi connectivity index (χ1n) is 7.19. The van der Waals surface area contributed by atoms with Gasteiger partial charge in [0.15, 0.2) is 4.34 Å². The second kappa shape index (κ2) is 8.65. The van der Waals surface area contributed by atoms with E-state index in [1.165, 1.54) is 11.8 Å². The zero-order valence-corrected chi connectivity index (χ0v) is 15.2. The van der Waals surface area contributed by atoms with E-state index in [4.69, 9.17) is 4.74 Å². The molecule has 2 aromatic rings. The lowest BCUT2D eigenvalue weighted by atomic mass is 10.3. The van der Waals surface area contributed by atoms with E-state index < -0.39 is 0 Å². The van der Waals surface area contributed by atoms with Crippen molar-refractivity contribution in [1.82, 2.24) is 15.5 Å². The number of benzene rings is 1. The van der Waals surface area contributed by atoms with E-state index in [1.54, 1.807) is 31.4 Å². The number of thioether (sulfide) groups is 1. The molecule has 0 fully saturated rings. The fourth-order valence-corrected chi connectivity index (χ4v) is 3.27. The maximum atomic E-state index is 12.1. The molecule has 0 saturated carbocycles. The first-order chi connectivity index (χ1) is 11.5. The lowest BCUT2D eigenvalue weighted by Gasteiger charge is -2.06. The van der Waals surface area contributed by atoms with Gasteiger partial charge in [-0.25, -0.2) is 0 Å². The summed E-state index contributed by atoms with van der Waals surface area (Å²) in [6, 6.07) is 7.08. The highest BCUT2D eigenvalue weighted by atomic mass is 32.2. The van der Waals surface area contributed by atoms with Crippen LogP contribution in [0, 0.1) is 0 Å². The van der Waals surface area contributed by atoms with Gasteiger partial charge in [0.25, 0.3) is 5.91 Å². The van der Waals surface area contributed by atoms with E-state index in [2.05, 4.69) is 20.8 Å². The van der Waals surface area contributed by atoms with Crippen molar-refractivity contribution in [1.29, 1.82) is 0 Å². The first-order valence-corrected chi connectivity index (χ1v) is 8.99. The van der Waals surface area contributed by atoms with E-state index in [1.807, 2.05) is 13.8 Å². The molecule has 0 atom stereocenters. The monoisotopic (exact) mass is 366 g/mol. The number of carbonyl (C=O) groups is 2. The fraction of sp³-hybridized carbons (Fsp3) is 0.333. The Morgan fingerprint density at radius 3 is 2.58 bits per heavy atom. The van der Waals surface area contributed by atoms with Gasteiger partial charge in [0, 0.05) is 11.7 Å². The molecule has 0 aliphatic rings. The van der Waals surface area contributed by atoms with Crippen LogP contribution in [-0.2, 0) is 4.79 Å². The van der Waals surface area contributed by atoms with Crippen LogP contribution in [0.25, 0.3) is 0 Å². The zero-order valence-electron chi connectivity index (χ0n) is 13.5. The number of carbonyl (C=O) groups excluding carboxylic acids is 2. The molecule has 2 amide bonds. The number of anilines is 1. The summed E-state index contributed by atoms with van der Waals surface area (Å²) in [5, 5.41) is 13.6. The zero-order chi connectivity index (χ0) is 17.5. The molecule has 7 nitrogen and oxygen atoms in total. The van der Waals surface area contributed by atoms with Gasteiger partial charge in [0.2, 0.25) is 10.9 Å². The topological polar surface area (TPSA) is 93.2 Å². The third-order valence-corrected chi connectivity index (χ3v) is 4.78. The van der Waals surface area contributed by atoms with Crippen LogP contribution in [0.15, 0.2) is 28.6 Å². The molecule has 1 aromatic carbocycles. The molecule has 0 radical (unpaired) electrons. The number of methoxy groups -OCH3 is 1. The Labute approximate surface area is 148 Å². The van der Waals surface area contributed by atoms with Gasteiger partial charge in [-0.15, -0.1) is 10.2 Å². The third kappa shape index (κ3) is 5.50. The van der Waals surface area contributed by atoms with Crippen molar-refractivity contribution in [2.45, 2.75) is 24.2 Å². The summed E-state index contributed by atoms with van der Waals surface area (Å²) < 4.78 is 5.64. The Balaban J connectivity index is 1.89. The molecule has 24 heavy (non-hydrogen) atoms. The molecule has 9 heteroatoms. The predicted octanol–water partition coefficient (Wildman–Crippen LogP) is 2.42. The molecule has 1 aromatic heterocycles. The summed E-state index contributed by atoms with van der Waals surface area (Å²) in [6.07, 6.45) is 0. The van der Waals surface area contributed by atoms with Crippen LogP contribution in [0.4, 0.5) is 5.69 Å². The number of hydrogen-bond donors (Lipinski definition) is 2. The number of hydrogen-bond acceptors (Lipinski definition) is 7. The first kappa shape index (κ1) is 18.2. The number of amides is 2. The molecule has 2 rings (SSSR count). The molecule has 0 unspecified atom stereocenters. The Kier molecular flexibility index (Phi) is 6.56. The third-order valence-electron chi connectivity index (χ3n) is 2.72. The minimum atomic E-state index is -0.337. The highest BCUT2D eigenvalue weighted by Gasteiger charge is 2.14. The van der Waals surface area contributed by atoms with Crippen molar-refractivity contribution in [2.75, 3.05) is 18.2 Å². The molecule has 2 N–H and O–H groups in total. The van der Waals surface area contributed by atoms with Gasteiger partial charge in [-0.3, -0.25) is 9.59 Å². The highest BCUT2D eigenvalue weighted by molar-refractivity contribution is 8.01. The van der Waals surface area contributed by atoms with Crippen molar-refractivity contribution < 1.29 is 14.3 Å². The smallest absolute Gasteiger partial charge is 0.286 e. The summed E-state index contributed by atoms with van der Waals surface area (Å²) in [4.78, 5) is 23.7. The number of aromatic nitrogens is 2. The Morgan fingerprint density at radius 2 is 1.96 bits per heavy atom. The van der Waals surface area contributed by atoms with E-state index in [0.717, 1.165) is 11.3 Å². The highest BCUT2D eigenvalue weighted by Crippen LogP contribution is 2.23. The van der Waals surface area contributed by atoms with Crippen LogP contribution in [0.3, 0.4) is 0 Å².